The third kappa shape index (κ3) is 8.10. The van der Waals surface area contributed by atoms with Crippen molar-refractivity contribution in [3.05, 3.63) is 34.9 Å². The van der Waals surface area contributed by atoms with E-state index in [4.69, 9.17) is 5.11 Å². The van der Waals surface area contributed by atoms with Gasteiger partial charge in [-0.2, -0.15) is 0 Å². The van der Waals surface area contributed by atoms with Crippen LogP contribution in [-0.2, 0) is 22.0 Å². The first-order valence-electron chi connectivity index (χ1n) is 9.31. The normalized spacial score (nSPS) is 13.2. The Morgan fingerprint density at radius 3 is 2.67 bits per heavy atom. The Kier molecular flexibility index (Phi) is 10.5. The van der Waals surface area contributed by atoms with Crippen LogP contribution >= 0.6 is 34.9 Å². The third-order valence-corrected chi connectivity index (χ3v) is 8.51. The Morgan fingerprint density at radius 2 is 2.00 bits per heavy atom. The van der Waals surface area contributed by atoms with Crippen LogP contribution in [0.5, 0.6) is 0 Å². The van der Waals surface area contributed by atoms with Gasteiger partial charge in [0.2, 0.25) is 0 Å². The van der Waals surface area contributed by atoms with Gasteiger partial charge in [-0.05, 0) is 37.0 Å². The highest BCUT2D eigenvalue weighted by Gasteiger charge is 2.18. The lowest BCUT2D eigenvalue weighted by molar-refractivity contribution is -0.133. The summed E-state index contributed by atoms with van der Waals surface area (Å²) in [6.07, 6.45) is 2.30. The summed E-state index contributed by atoms with van der Waals surface area (Å²) in [4.78, 5) is 22.1. The van der Waals surface area contributed by atoms with Crippen LogP contribution in [0.15, 0.2) is 26.9 Å². The van der Waals surface area contributed by atoms with Crippen molar-refractivity contribution < 1.29 is 24.0 Å². The number of carboxylic acid groups (broad SMARTS) is 1. The minimum Gasteiger partial charge on any atom is -0.481 e. The summed E-state index contributed by atoms with van der Waals surface area (Å²) >= 11 is 4.06. The second-order valence-electron chi connectivity index (χ2n) is 6.41. The third-order valence-electron chi connectivity index (χ3n) is 3.96. The summed E-state index contributed by atoms with van der Waals surface area (Å²) in [5.74, 6) is -0.368. The molecule has 7 nitrogen and oxygen atoms in total. The van der Waals surface area contributed by atoms with Crippen molar-refractivity contribution in [3.8, 4) is 0 Å². The van der Waals surface area contributed by atoms with Gasteiger partial charge in [0.1, 0.15) is 11.2 Å². The van der Waals surface area contributed by atoms with Gasteiger partial charge in [0.25, 0.3) is 0 Å². The number of thioether (sulfide) groups is 2. The van der Waals surface area contributed by atoms with Gasteiger partial charge in [-0.25, -0.2) is 0 Å². The number of nitrogens with zero attached hydrogens (tertiary/aromatic N) is 2. The zero-order valence-corrected chi connectivity index (χ0v) is 20.0. The molecular formula is C19H24N2O5S4. The maximum atomic E-state index is 11.6. The molecule has 2 aromatic rings. The van der Waals surface area contributed by atoms with E-state index in [1.165, 1.54) is 41.8 Å². The molecule has 0 aliphatic rings. The molecule has 0 saturated carbocycles. The van der Waals surface area contributed by atoms with Gasteiger partial charge in [-0.3, -0.25) is 13.8 Å². The SMILES string of the molecule is CCCc1cc(C(C)=O)ccc1C(O)Sc1nnc(SCCCS(=O)CC(=O)O)s1. The summed E-state index contributed by atoms with van der Waals surface area (Å²) in [6, 6.07) is 5.38. The predicted octanol–water partition coefficient (Wildman–Crippen LogP) is 3.79. The molecule has 30 heavy (non-hydrogen) atoms. The summed E-state index contributed by atoms with van der Waals surface area (Å²) < 4.78 is 12.9. The van der Waals surface area contributed by atoms with Crippen molar-refractivity contribution >= 4 is 57.4 Å². The van der Waals surface area contributed by atoms with Gasteiger partial charge in [-0.15, -0.1) is 10.2 Å². The van der Waals surface area contributed by atoms with E-state index in [1.807, 2.05) is 6.07 Å². The highest BCUT2D eigenvalue weighted by atomic mass is 32.2. The van der Waals surface area contributed by atoms with Crippen molar-refractivity contribution in [1.82, 2.24) is 10.2 Å². The van der Waals surface area contributed by atoms with E-state index in [-0.39, 0.29) is 11.5 Å². The van der Waals surface area contributed by atoms with Crippen molar-refractivity contribution in [3.63, 3.8) is 0 Å². The van der Waals surface area contributed by atoms with Crippen molar-refractivity contribution in [2.24, 2.45) is 0 Å². The number of ketones is 1. The highest BCUT2D eigenvalue weighted by molar-refractivity contribution is 8.03. The van der Waals surface area contributed by atoms with Crippen LogP contribution in [0.1, 0.15) is 53.6 Å². The summed E-state index contributed by atoms with van der Waals surface area (Å²) in [5.41, 5.74) is 1.56. The topological polar surface area (TPSA) is 117 Å². The quantitative estimate of drug-likeness (QED) is 0.188. The molecule has 0 aliphatic heterocycles. The molecule has 0 fully saturated rings. The minimum atomic E-state index is -1.34. The zero-order valence-electron chi connectivity index (χ0n) is 16.7. The minimum absolute atomic E-state index is 0.00127. The van der Waals surface area contributed by atoms with Gasteiger partial charge in [0, 0.05) is 27.9 Å². The maximum absolute atomic E-state index is 11.6. The number of hydrogen-bond acceptors (Lipinski definition) is 9. The van der Waals surface area contributed by atoms with E-state index in [0.717, 1.165) is 28.3 Å². The highest BCUT2D eigenvalue weighted by Crippen LogP contribution is 2.38. The fourth-order valence-electron chi connectivity index (χ4n) is 2.60. The standard InChI is InChI=1S/C19H24N2O5S4/c1-3-5-14-10-13(12(2)22)6-7-15(14)17(25)28-19-21-20-18(29-19)27-8-4-9-30(26)11-16(23)24/h6-7,10,17,25H,3-5,8-9,11H2,1-2H3,(H,23,24). The Bertz CT molecular complexity index is 903. The monoisotopic (exact) mass is 488 g/mol. The Balaban J connectivity index is 1.91. The molecule has 164 valence electrons. The molecule has 2 unspecified atom stereocenters. The Morgan fingerprint density at radius 1 is 1.27 bits per heavy atom. The second kappa shape index (κ2) is 12.6. The first kappa shape index (κ1) is 25.0. The summed E-state index contributed by atoms with van der Waals surface area (Å²) in [6.45, 7) is 3.58. The van der Waals surface area contributed by atoms with Crippen molar-refractivity contribution in [1.29, 1.82) is 0 Å². The van der Waals surface area contributed by atoms with Crippen LogP contribution in [-0.4, -0.2) is 53.6 Å². The molecule has 0 spiro atoms. The van der Waals surface area contributed by atoms with Crippen LogP contribution in [0.3, 0.4) is 0 Å². The van der Waals surface area contributed by atoms with Crippen LogP contribution in [0, 0.1) is 0 Å². The van der Waals surface area contributed by atoms with Crippen LogP contribution in [0.4, 0.5) is 0 Å². The van der Waals surface area contributed by atoms with E-state index in [9.17, 15) is 18.9 Å². The molecule has 0 aliphatic carbocycles. The number of rotatable bonds is 13. The van der Waals surface area contributed by atoms with Gasteiger partial charge in [-0.1, -0.05) is 60.3 Å². The first-order valence-corrected chi connectivity index (χ1v) is 13.5. The van der Waals surface area contributed by atoms with E-state index < -0.39 is 22.2 Å². The van der Waals surface area contributed by atoms with Crippen molar-refractivity contribution in [2.45, 2.75) is 47.2 Å². The predicted molar refractivity (Wildman–Crippen MR) is 122 cm³/mol. The van der Waals surface area contributed by atoms with E-state index in [1.54, 1.807) is 12.1 Å². The molecule has 11 heteroatoms. The number of aliphatic hydroxyl groups is 1. The molecule has 0 radical (unpaired) electrons. The van der Waals surface area contributed by atoms with Crippen molar-refractivity contribution in [2.75, 3.05) is 17.3 Å². The lowest BCUT2D eigenvalue weighted by atomic mass is 9.99. The van der Waals surface area contributed by atoms with E-state index in [2.05, 4.69) is 17.1 Å². The largest absolute Gasteiger partial charge is 0.481 e. The van der Waals surface area contributed by atoms with Crippen LogP contribution < -0.4 is 0 Å². The fourth-order valence-corrected chi connectivity index (χ4v) is 6.77. The average Bonchev–Trinajstić information content (AvgIpc) is 3.12. The molecule has 1 heterocycles. The number of aryl methyl sites for hydroxylation is 1. The number of carbonyl (C=O) groups excluding carboxylic acids is 1. The Hall–Kier alpha value is -1.27. The number of carbonyl (C=O) groups is 2. The van der Waals surface area contributed by atoms with Gasteiger partial charge in [0.15, 0.2) is 14.5 Å². The summed E-state index contributed by atoms with van der Waals surface area (Å²) in [5, 5.41) is 27.5. The van der Waals surface area contributed by atoms with Gasteiger partial charge < -0.3 is 10.2 Å². The van der Waals surface area contributed by atoms with Gasteiger partial charge in [0.05, 0.1) is 0 Å². The number of benzene rings is 1. The number of hydrogen-bond donors (Lipinski definition) is 2. The lowest BCUT2D eigenvalue weighted by Crippen LogP contribution is -2.12. The first-order chi connectivity index (χ1) is 14.3. The van der Waals surface area contributed by atoms with Gasteiger partial charge >= 0.3 is 5.97 Å². The fraction of sp³-hybridized carbons (Fsp3) is 0.474. The molecule has 0 amide bonds. The number of aliphatic carboxylic acids is 1. The molecule has 2 N–H and O–H groups in total. The molecule has 0 saturated heterocycles. The molecule has 0 bridgehead atoms. The molecule has 1 aromatic heterocycles. The second-order valence-corrected chi connectivity index (χ2v) is 11.6. The number of Topliss-reactive ketones (excluding diaryl/α,β-unsaturated/α-hetero) is 1. The van der Waals surface area contributed by atoms with Crippen LogP contribution in [0.25, 0.3) is 0 Å². The summed E-state index contributed by atoms with van der Waals surface area (Å²) in [7, 11) is -1.34. The smallest absolute Gasteiger partial charge is 0.316 e. The zero-order chi connectivity index (χ0) is 22.1. The Labute approximate surface area is 190 Å². The van der Waals surface area contributed by atoms with E-state index >= 15 is 0 Å². The number of aliphatic hydroxyl groups excluding tert-OH is 1. The number of aromatic nitrogens is 2. The number of carboxylic acids is 1. The molecule has 1 aromatic carbocycles. The molecule has 2 rings (SSSR count). The van der Waals surface area contributed by atoms with Crippen LogP contribution in [0.2, 0.25) is 0 Å². The average molecular weight is 489 g/mol. The maximum Gasteiger partial charge on any atom is 0.316 e. The molecular weight excluding hydrogens is 464 g/mol. The van der Waals surface area contributed by atoms with E-state index in [0.29, 0.717) is 27.8 Å². The lowest BCUT2D eigenvalue weighted by Gasteiger charge is -2.14. The molecule has 2 atom stereocenters.